The number of aromatic carboxylic acids is 1. The fourth-order valence-electron chi connectivity index (χ4n) is 1.11. The average Bonchev–Trinajstić information content (AvgIpc) is 2.25. The van der Waals surface area contributed by atoms with Crippen LogP contribution in [-0.2, 0) is 4.74 Å². The fraction of sp³-hybridized carbons (Fsp3) is 0.364. The van der Waals surface area contributed by atoms with Crippen LogP contribution in [0.25, 0.3) is 0 Å². The van der Waals surface area contributed by atoms with Crippen molar-refractivity contribution in [3.05, 3.63) is 23.8 Å². The van der Waals surface area contributed by atoms with Gasteiger partial charge in [-0.3, -0.25) is 0 Å². The van der Waals surface area contributed by atoms with Crippen molar-refractivity contribution in [3.63, 3.8) is 0 Å². The van der Waals surface area contributed by atoms with Crippen molar-refractivity contribution in [3.8, 4) is 5.75 Å². The molecular formula is C11H15NO4. The van der Waals surface area contributed by atoms with Crippen molar-refractivity contribution in [2.24, 2.45) is 0 Å². The number of hydrogen-bond donors (Lipinski definition) is 2. The Morgan fingerprint density at radius 2 is 2.25 bits per heavy atom. The number of methoxy groups -OCH3 is 1. The van der Waals surface area contributed by atoms with E-state index in [0.717, 1.165) is 0 Å². The van der Waals surface area contributed by atoms with Gasteiger partial charge in [-0.1, -0.05) is 0 Å². The lowest BCUT2D eigenvalue weighted by molar-refractivity contribution is 0.0646. The molecule has 1 unspecified atom stereocenters. The van der Waals surface area contributed by atoms with Gasteiger partial charge < -0.3 is 20.3 Å². The SMILES string of the molecule is COC(C)COc1cc(N)ccc1C(=O)O. The Balaban J connectivity index is 2.84. The molecule has 16 heavy (non-hydrogen) atoms. The molecule has 0 aromatic heterocycles. The summed E-state index contributed by atoms with van der Waals surface area (Å²) in [7, 11) is 1.56. The molecular weight excluding hydrogens is 210 g/mol. The van der Waals surface area contributed by atoms with Crippen LogP contribution in [0.1, 0.15) is 17.3 Å². The van der Waals surface area contributed by atoms with Crippen molar-refractivity contribution in [2.75, 3.05) is 19.5 Å². The molecule has 0 aliphatic heterocycles. The van der Waals surface area contributed by atoms with Crippen LogP contribution in [0, 0.1) is 0 Å². The Bertz CT molecular complexity index is 378. The van der Waals surface area contributed by atoms with E-state index in [0.29, 0.717) is 5.69 Å². The van der Waals surface area contributed by atoms with Gasteiger partial charge >= 0.3 is 5.97 Å². The third-order valence-corrected chi connectivity index (χ3v) is 2.11. The number of carbonyl (C=O) groups is 1. The first-order valence-corrected chi connectivity index (χ1v) is 4.83. The number of benzene rings is 1. The maximum atomic E-state index is 10.9. The van der Waals surface area contributed by atoms with E-state index in [1.54, 1.807) is 7.11 Å². The van der Waals surface area contributed by atoms with Gasteiger partial charge in [0.25, 0.3) is 0 Å². The lowest BCUT2D eigenvalue weighted by Crippen LogP contribution is -2.17. The van der Waals surface area contributed by atoms with E-state index in [1.807, 2.05) is 6.92 Å². The fourth-order valence-corrected chi connectivity index (χ4v) is 1.11. The summed E-state index contributed by atoms with van der Waals surface area (Å²) in [5.74, 6) is -0.781. The number of ether oxygens (including phenoxy) is 2. The number of rotatable bonds is 5. The Morgan fingerprint density at radius 1 is 1.56 bits per heavy atom. The third-order valence-electron chi connectivity index (χ3n) is 2.11. The lowest BCUT2D eigenvalue weighted by Gasteiger charge is -2.13. The van der Waals surface area contributed by atoms with Crippen molar-refractivity contribution in [1.29, 1.82) is 0 Å². The first-order chi connectivity index (χ1) is 7.54. The van der Waals surface area contributed by atoms with Crippen LogP contribution in [0.5, 0.6) is 5.75 Å². The first-order valence-electron chi connectivity index (χ1n) is 4.83. The highest BCUT2D eigenvalue weighted by Gasteiger charge is 2.12. The Kier molecular flexibility index (Phi) is 4.13. The summed E-state index contributed by atoms with van der Waals surface area (Å²) < 4.78 is 10.3. The van der Waals surface area contributed by atoms with Gasteiger partial charge in [-0.2, -0.15) is 0 Å². The zero-order valence-electron chi connectivity index (χ0n) is 9.27. The summed E-state index contributed by atoms with van der Waals surface area (Å²) in [5, 5.41) is 8.93. The van der Waals surface area contributed by atoms with Crippen LogP contribution in [0.15, 0.2) is 18.2 Å². The Morgan fingerprint density at radius 3 is 2.81 bits per heavy atom. The van der Waals surface area contributed by atoms with Gasteiger partial charge in [-0.25, -0.2) is 4.79 Å². The van der Waals surface area contributed by atoms with Gasteiger partial charge in [0.1, 0.15) is 17.9 Å². The number of anilines is 1. The highest BCUT2D eigenvalue weighted by molar-refractivity contribution is 5.91. The molecule has 0 amide bonds. The zero-order chi connectivity index (χ0) is 12.1. The van der Waals surface area contributed by atoms with Crippen LogP contribution >= 0.6 is 0 Å². The minimum absolute atomic E-state index is 0.0949. The number of nitrogen functional groups attached to an aromatic ring is 1. The molecule has 0 fully saturated rings. The highest BCUT2D eigenvalue weighted by Crippen LogP contribution is 2.22. The van der Waals surface area contributed by atoms with Crippen molar-refractivity contribution in [2.45, 2.75) is 13.0 Å². The van der Waals surface area contributed by atoms with E-state index in [1.165, 1.54) is 18.2 Å². The minimum Gasteiger partial charge on any atom is -0.490 e. The van der Waals surface area contributed by atoms with Crippen LogP contribution < -0.4 is 10.5 Å². The smallest absolute Gasteiger partial charge is 0.339 e. The molecule has 0 aliphatic carbocycles. The van der Waals surface area contributed by atoms with Gasteiger partial charge in [-0.05, 0) is 19.1 Å². The largest absolute Gasteiger partial charge is 0.490 e. The molecule has 1 aromatic rings. The quantitative estimate of drug-likeness (QED) is 0.740. The Labute approximate surface area is 93.8 Å². The van der Waals surface area contributed by atoms with Gasteiger partial charge in [0, 0.05) is 18.9 Å². The topological polar surface area (TPSA) is 81.8 Å². The molecule has 0 bridgehead atoms. The molecule has 0 radical (unpaired) electrons. The predicted octanol–water partition coefficient (Wildman–Crippen LogP) is 1.38. The standard InChI is InChI=1S/C11H15NO4/c1-7(15-2)6-16-10-5-8(12)3-4-9(10)11(13)14/h3-5,7H,6,12H2,1-2H3,(H,13,14). The molecule has 1 rings (SSSR count). The monoisotopic (exact) mass is 225 g/mol. The van der Waals surface area contributed by atoms with E-state index in [9.17, 15) is 4.79 Å². The van der Waals surface area contributed by atoms with Gasteiger partial charge in [-0.15, -0.1) is 0 Å². The summed E-state index contributed by atoms with van der Waals surface area (Å²) in [6.07, 6.45) is -0.108. The van der Waals surface area contributed by atoms with Crippen LogP contribution in [0.2, 0.25) is 0 Å². The molecule has 0 aliphatic rings. The molecule has 1 aromatic carbocycles. The number of carboxylic acid groups (broad SMARTS) is 1. The van der Waals surface area contributed by atoms with Gasteiger partial charge in [0.05, 0.1) is 6.10 Å². The second-order valence-corrected chi connectivity index (χ2v) is 3.42. The van der Waals surface area contributed by atoms with Crippen LogP contribution in [0.3, 0.4) is 0 Å². The summed E-state index contributed by atoms with van der Waals surface area (Å²) >= 11 is 0. The van der Waals surface area contributed by atoms with E-state index in [-0.39, 0.29) is 24.0 Å². The first kappa shape index (κ1) is 12.3. The lowest BCUT2D eigenvalue weighted by atomic mass is 10.2. The minimum atomic E-state index is -1.04. The molecule has 0 saturated heterocycles. The molecule has 0 heterocycles. The maximum Gasteiger partial charge on any atom is 0.339 e. The van der Waals surface area contributed by atoms with Gasteiger partial charge in [0.2, 0.25) is 0 Å². The second kappa shape index (κ2) is 5.37. The van der Waals surface area contributed by atoms with Crippen molar-refractivity contribution >= 4 is 11.7 Å². The molecule has 1 atom stereocenters. The number of nitrogens with two attached hydrogens (primary N) is 1. The van der Waals surface area contributed by atoms with Crippen molar-refractivity contribution < 1.29 is 19.4 Å². The predicted molar refractivity (Wildman–Crippen MR) is 59.8 cm³/mol. The van der Waals surface area contributed by atoms with E-state index in [2.05, 4.69) is 0 Å². The summed E-state index contributed by atoms with van der Waals surface area (Å²) in [6.45, 7) is 2.10. The highest BCUT2D eigenvalue weighted by atomic mass is 16.5. The maximum absolute atomic E-state index is 10.9. The molecule has 5 nitrogen and oxygen atoms in total. The van der Waals surface area contributed by atoms with Crippen LogP contribution in [-0.4, -0.2) is 30.9 Å². The molecule has 88 valence electrons. The molecule has 0 spiro atoms. The van der Waals surface area contributed by atoms with Crippen molar-refractivity contribution in [1.82, 2.24) is 0 Å². The van der Waals surface area contributed by atoms with E-state index < -0.39 is 5.97 Å². The molecule has 0 saturated carbocycles. The number of carboxylic acids is 1. The summed E-state index contributed by atoms with van der Waals surface area (Å²) in [6, 6.07) is 4.44. The zero-order valence-corrected chi connectivity index (χ0v) is 9.27. The molecule has 5 heteroatoms. The third kappa shape index (κ3) is 3.13. The average molecular weight is 225 g/mol. The number of hydrogen-bond acceptors (Lipinski definition) is 4. The summed E-state index contributed by atoms with van der Waals surface area (Å²) in [5.41, 5.74) is 6.12. The normalized spacial score (nSPS) is 12.1. The molecule has 3 N–H and O–H groups in total. The second-order valence-electron chi connectivity index (χ2n) is 3.42. The van der Waals surface area contributed by atoms with Gasteiger partial charge in [0.15, 0.2) is 0 Å². The van der Waals surface area contributed by atoms with E-state index >= 15 is 0 Å². The Hall–Kier alpha value is -1.75. The van der Waals surface area contributed by atoms with E-state index in [4.69, 9.17) is 20.3 Å². The summed E-state index contributed by atoms with van der Waals surface area (Å²) in [4.78, 5) is 10.9. The van der Waals surface area contributed by atoms with Crippen LogP contribution in [0.4, 0.5) is 5.69 Å².